The van der Waals surface area contributed by atoms with Crippen LogP contribution >= 0.6 is 15.9 Å². The number of ketones is 1. The van der Waals surface area contributed by atoms with Crippen LogP contribution in [0.2, 0.25) is 0 Å². The summed E-state index contributed by atoms with van der Waals surface area (Å²) in [6, 6.07) is 8.49. The van der Waals surface area contributed by atoms with Crippen molar-refractivity contribution in [2.24, 2.45) is 17.6 Å². The lowest BCUT2D eigenvalue weighted by Gasteiger charge is -2.28. The lowest BCUT2D eigenvalue weighted by molar-refractivity contribution is -0.139. The van der Waals surface area contributed by atoms with Gasteiger partial charge in [-0.25, -0.2) is 15.0 Å². The van der Waals surface area contributed by atoms with Gasteiger partial charge in [0.1, 0.15) is 47.7 Å². The fourth-order valence-corrected chi connectivity index (χ4v) is 8.21. The van der Waals surface area contributed by atoms with Crippen molar-refractivity contribution in [3.8, 4) is 11.1 Å². The number of aromatic nitrogens is 5. The van der Waals surface area contributed by atoms with Crippen molar-refractivity contribution in [1.29, 1.82) is 0 Å². The molecule has 1 aromatic carbocycles. The third-order valence-corrected chi connectivity index (χ3v) is 11.6. The zero-order chi connectivity index (χ0) is 45.6. The first-order chi connectivity index (χ1) is 31.0. The van der Waals surface area contributed by atoms with Gasteiger partial charge in [-0.1, -0.05) is 31.9 Å². The molecule has 4 heterocycles. The van der Waals surface area contributed by atoms with Crippen LogP contribution in [-0.2, 0) is 51.2 Å². The first-order valence-electron chi connectivity index (χ1n) is 21.6. The van der Waals surface area contributed by atoms with Gasteiger partial charge >= 0.3 is 0 Å². The molecule has 64 heavy (non-hydrogen) atoms. The van der Waals surface area contributed by atoms with Gasteiger partial charge in [0.25, 0.3) is 0 Å². The van der Waals surface area contributed by atoms with Crippen molar-refractivity contribution in [3.63, 3.8) is 0 Å². The molecule has 0 spiro atoms. The lowest BCUT2D eigenvalue weighted by Crippen LogP contribution is -2.47. The number of ether oxygens (including phenoxy) is 4. The minimum atomic E-state index is -0.652. The van der Waals surface area contributed by atoms with Gasteiger partial charge in [0.05, 0.1) is 51.7 Å². The number of pyridine rings is 1. The summed E-state index contributed by atoms with van der Waals surface area (Å²) in [7, 11) is 0. The molecule has 4 amide bonds. The maximum atomic E-state index is 14.3. The van der Waals surface area contributed by atoms with E-state index in [1.807, 2.05) is 37.3 Å². The Hall–Kier alpha value is -5.25. The van der Waals surface area contributed by atoms with Gasteiger partial charge in [-0.15, -0.1) is 0 Å². The molecule has 5 N–H and O–H groups in total. The van der Waals surface area contributed by atoms with Crippen molar-refractivity contribution in [2.45, 2.75) is 71.6 Å². The molecule has 2 fully saturated rings. The third kappa shape index (κ3) is 12.9. The van der Waals surface area contributed by atoms with E-state index in [0.717, 1.165) is 30.4 Å². The molecular weight excluding hydrogens is 892 g/mol. The van der Waals surface area contributed by atoms with Crippen LogP contribution in [0.3, 0.4) is 0 Å². The number of nitrogens with zero attached hydrogens (tertiary/aromatic N) is 6. The highest BCUT2D eigenvalue weighted by molar-refractivity contribution is 9.10. The average Bonchev–Trinajstić information content (AvgIpc) is 3.58. The van der Waals surface area contributed by atoms with Gasteiger partial charge in [0, 0.05) is 49.4 Å². The number of nitrogens with two attached hydrogens (primary N) is 1. The highest BCUT2D eigenvalue weighted by atomic mass is 79.9. The maximum Gasteiger partial charge on any atom is 0.248 e. The monoisotopic (exact) mass is 948 g/mol. The molecule has 2 aliphatic rings. The Morgan fingerprint density at radius 3 is 2.30 bits per heavy atom. The Morgan fingerprint density at radius 1 is 0.891 bits per heavy atom. The molecule has 4 atom stereocenters. The number of aryl methyl sites for hydroxylation is 1. The number of amides is 4. The molecule has 0 bridgehead atoms. The predicted octanol–water partition coefficient (Wildman–Crippen LogP) is 2.96. The van der Waals surface area contributed by atoms with E-state index in [0.29, 0.717) is 78.0 Å². The Balaban J connectivity index is 0.984. The molecule has 6 rings (SSSR count). The molecule has 1 saturated heterocycles. The summed E-state index contributed by atoms with van der Waals surface area (Å²) in [6.07, 6.45) is 6.96. The Kier molecular flexibility index (Phi) is 17.8. The van der Waals surface area contributed by atoms with E-state index >= 15 is 0 Å². The number of halogens is 1. The van der Waals surface area contributed by atoms with Gasteiger partial charge in [-0.2, -0.15) is 5.10 Å². The highest BCUT2D eigenvalue weighted by Gasteiger charge is 2.63. The summed E-state index contributed by atoms with van der Waals surface area (Å²) in [5.74, 6) is 0.0719. The predicted molar refractivity (Wildman–Crippen MR) is 239 cm³/mol. The fourth-order valence-electron chi connectivity index (χ4n) is 7.90. The van der Waals surface area contributed by atoms with Crippen molar-refractivity contribution >= 4 is 62.1 Å². The lowest BCUT2D eigenvalue weighted by atomic mass is 10.0. The zero-order valence-corrected chi connectivity index (χ0v) is 38.1. The van der Waals surface area contributed by atoms with Gasteiger partial charge in [-0.05, 0) is 76.9 Å². The molecular formula is C44H57BrN10O9. The average molecular weight is 950 g/mol. The second kappa shape index (κ2) is 23.6. The molecule has 344 valence electrons. The third-order valence-electron chi connectivity index (χ3n) is 11.1. The first kappa shape index (κ1) is 48.2. The second-order valence-electron chi connectivity index (χ2n) is 15.7. The number of unbranched alkanes of at least 4 members (excludes halogenated alkanes) is 1. The summed E-state index contributed by atoms with van der Waals surface area (Å²) < 4.78 is 23.3. The largest absolute Gasteiger partial charge is 0.378 e. The van der Waals surface area contributed by atoms with E-state index in [1.54, 1.807) is 22.0 Å². The minimum Gasteiger partial charge on any atom is -0.378 e. The molecule has 1 aliphatic heterocycles. The Bertz CT molecular complexity index is 2260. The summed E-state index contributed by atoms with van der Waals surface area (Å²) in [5.41, 5.74) is 8.38. The van der Waals surface area contributed by atoms with Crippen molar-refractivity contribution in [3.05, 3.63) is 64.4 Å². The van der Waals surface area contributed by atoms with E-state index in [9.17, 15) is 24.0 Å². The van der Waals surface area contributed by atoms with Gasteiger partial charge in [-0.3, -0.25) is 28.7 Å². The molecule has 1 aliphatic carbocycles. The van der Waals surface area contributed by atoms with Crippen LogP contribution in [0.25, 0.3) is 22.0 Å². The molecule has 1 unspecified atom stereocenters. The standard InChI is InChI=1S/C44H57BrN10O9/c1-4-5-6-31-32-20-35(44(60)52-43-27(2)7-10-36(45)51-43)55(42(31)32)40(59)24-54-34-9-8-29(19-33(34)41(53-54)28(3)56)30-21-48-37(49-22-30)23-50-39(58)26-64-18-16-62-14-12-47-38(57)25-63-17-15-61-13-11-46/h7-10,19,21-22,31-32,35,42H,4-6,11-18,20,23-26,46H2,1-3H3,(H,47,57)(H,50,58)(H,51,52,60)/t31?,32-,35-,42+/m0/s1. The number of rotatable bonds is 26. The fraction of sp³-hybridized carbons (Fsp3) is 0.523. The summed E-state index contributed by atoms with van der Waals surface area (Å²) in [5, 5.41) is 13.6. The van der Waals surface area contributed by atoms with Gasteiger partial charge in [0.15, 0.2) is 5.78 Å². The van der Waals surface area contributed by atoms with Crippen LogP contribution in [-0.4, -0.2) is 137 Å². The normalized spacial score (nSPS) is 17.6. The number of piperidine rings is 1. The molecule has 0 radical (unpaired) electrons. The zero-order valence-electron chi connectivity index (χ0n) is 36.5. The highest BCUT2D eigenvalue weighted by Crippen LogP contribution is 2.56. The number of benzene rings is 1. The number of nitrogens with one attached hydrogen (secondary N) is 3. The smallest absolute Gasteiger partial charge is 0.248 e. The number of Topliss-reactive ketones (excluding diaryl/α,β-unsaturated/α-hetero) is 1. The minimum absolute atomic E-state index is 0.0213. The molecule has 20 heteroatoms. The molecule has 4 aromatic rings. The van der Waals surface area contributed by atoms with Crippen LogP contribution in [0, 0.1) is 18.8 Å². The summed E-state index contributed by atoms with van der Waals surface area (Å²) in [4.78, 5) is 80.0. The number of fused-ring (bicyclic) bond motifs is 2. The number of likely N-dealkylation sites (tertiary alicyclic amines) is 1. The maximum absolute atomic E-state index is 14.3. The van der Waals surface area contributed by atoms with Gasteiger partial charge in [0.2, 0.25) is 23.6 Å². The van der Waals surface area contributed by atoms with Crippen LogP contribution < -0.4 is 21.7 Å². The van der Waals surface area contributed by atoms with E-state index in [4.69, 9.17) is 24.7 Å². The van der Waals surface area contributed by atoms with E-state index in [-0.39, 0.29) is 93.2 Å². The molecule has 19 nitrogen and oxygen atoms in total. The van der Waals surface area contributed by atoms with E-state index in [2.05, 4.69) is 58.9 Å². The van der Waals surface area contributed by atoms with Crippen LogP contribution in [0.15, 0.2) is 47.3 Å². The summed E-state index contributed by atoms with van der Waals surface area (Å²) in [6.45, 7) is 7.71. The first-order valence-corrected chi connectivity index (χ1v) is 22.4. The van der Waals surface area contributed by atoms with E-state index < -0.39 is 6.04 Å². The number of carbonyl (C=O) groups is 5. The van der Waals surface area contributed by atoms with Crippen molar-refractivity contribution in [2.75, 3.05) is 71.3 Å². The van der Waals surface area contributed by atoms with Gasteiger partial charge < -0.3 is 45.5 Å². The second-order valence-corrected chi connectivity index (χ2v) is 16.5. The van der Waals surface area contributed by atoms with Crippen molar-refractivity contribution < 1.29 is 42.9 Å². The van der Waals surface area contributed by atoms with E-state index in [1.165, 1.54) is 6.92 Å². The number of hydrogen-bond donors (Lipinski definition) is 4. The number of hydrogen-bond acceptors (Lipinski definition) is 14. The molecule has 3 aromatic heterocycles. The SMILES string of the molecule is CCCCC1[C@@H]2[C@H]1C[C@@H](C(=O)Nc1nc(Br)ccc1C)N2C(=O)Cn1nc(C(C)=O)c2cc(-c3cnc(CNC(=O)COCCOCCNC(=O)COCCOCCN)nc3)ccc21. The number of carbonyl (C=O) groups excluding carboxylic acids is 5. The quantitative estimate of drug-likeness (QED) is 0.0402. The van der Waals surface area contributed by atoms with Crippen LogP contribution in [0.1, 0.15) is 61.4 Å². The van der Waals surface area contributed by atoms with Crippen LogP contribution in [0.4, 0.5) is 5.82 Å². The van der Waals surface area contributed by atoms with Crippen molar-refractivity contribution in [1.82, 2.24) is 40.3 Å². The van der Waals surface area contributed by atoms with Crippen LogP contribution in [0.5, 0.6) is 0 Å². The molecule has 1 saturated carbocycles. The Morgan fingerprint density at radius 2 is 1.59 bits per heavy atom. The number of anilines is 1. The Labute approximate surface area is 380 Å². The topological polar surface area (TPSA) is 244 Å². The summed E-state index contributed by atoms with van der Waals surface area (Å²) >= 11 is 3.38.